The highest BCUT2D eigenvalue weighted by molar-refractivity contribution is 8.01. The highest BCUT2D eigenvalue weighted by Gasteiger charge is 2.35. The summed E-state index contributed by atoms with van der Waals surface area (Å²) in [6, 6.07) is 4.97. The normalized spacial score (nSPS) is 17.8. The minimum absolute atomic E-state index is 0.0426. The molecule has 1 aromatic heterocycles. The molecule has 1 fully saturated rings. The van der Waals surface area contributed by atoms with Crippen molar-refractivity contribution in [3.05, 3.63) is 39.9 Å². The average Bonchev–Trinajstić information content (AvgIpc) is 3.29. The molecule has 1 aliphatic rings. The van der Waals surface area contributed by atoms with Gasteiger partial charge in [0.05, 0.1) is 24.2 Å². The number of ether oxygens (including phenoxy) is 1. The molecule has 0 radical (unpaired) electrons. The van der Waals surface area contributed by atoms with Gasteiger partial charge in [0.25, 0.3) is 0 Å². The molecule has 1 saturated heterocycles. The maximum absolute atomic E-state index is 12.3. The van der Waals surface area contributed by atoms with E-state index in [9.17, 15) is 9.59 Å². The SMILES string of the molecule is COc1ccc(C(N)[C@H]2CCC(=O)N2CCSc2nc(C(=O)O)cs2)cc1Cl. The van der Waals surface area contributed by atoms with Gasteiger partial charge in [-0.1, -0.05) is 29.4 Å². The van der Waals surface area contributed by atoms with Crippen molar-refractivity contribution in [1.82, 2.24) is 9.88 Å². The van der Waals surface area contributed by atoms with Crippen molar-refractivity contribution in [1.29, 1.82) is 0 Å². The van der Waals surface area contributed by atoms with Crippen LogP contribution in [0.5, 0.6) is 5.75 Å². The topological polar surface area (TPSA) is 106 Å². The molecule has 10 heteroatoms. The predicted octanol–water partition coefficient (Wildman–Crippen LogP) is 3.29. The van der Waals surface area contributed by atoms with Gasteiger partial charge in [0.1, 0.15) is 5.75 Å². The van der Waals surface area contributed by atoms with Crippen molar-refractivity contribution in [3.63, 3.8) is 0 Å². The molecule has 2 aromatic rings. The first-order chi connectivity index (χ1) is 13.4. The fraction of sp³-hybridized carbons (Fsp3) is 0.389. The smallest absolute Gasteiger partial charge is 0.355 e. The van der Waals surface area contributed by atoms with Gasteiger partial charge in [0.2, 0.25) is 5.91 Å². The Hall–Kier alpha value is -1.81. The summed E-state index contributed by atoms with van der Waals surface area (Å²) in [5.74, 6) is 0.232. The van der Waals surface area contributed by atoms with Crippen LogP contribution in [0.15, 0.2) is 27.9 Å². The number of halogens is 1. The molecule has 1 aliphatic heterocycles. The van der Waals surface area contributed by atoms with Crippen LogP contribution >= 0.6 is 34.7 Å². The second kappa shape index (κ2) is 9.13. The Kier molecular flexibility index (Phi) is 6.82. The number of nitrogens with two attached hydrogens (primary N) is 1. The van der Waals surface area contributed by atoms with E-state index in [1.54, 1.807) is 19.2 Å². The number of benzene rings is 1. The summed E-state index contributed by atoms with van der Waals surface area (Å²) in [5, 5.41) is 10.9. The van der Waals surface area contributed by atoms with E-state index in [0.29, 0.717) is 40.3 Å². The van der Waals surface area contributed by atoms with Crippen LogP contribution < -0.4 is 10.5 Å². The molecule has 0 aliphatic carbocycles. The van der Waals surface area contributed by atoms with E-state index >= 15 is 0 Å². The van der Waals surface area contributed by atoms with Crippen LogP contribution in [0.1, 0.15) is 34.9 Å². The Morgan fingerprint density at radius 3 is 3.00 bits per heavy atom. The molecule has 28 heavy (non-hydrogen) atoms. The predicted molar refractivity (Wildman–Crippen MR) is 109 cm³/mol. The second-order valence-electron chi connectivity index (χ2n) is 6.27. The molecule has 0 saturated carbocycles. The lowest BCUT2D eigenvalue weighted by Gasteiger charge is -2.30. The third-order valence-electron chi connectivity index (χ3n) is 4.61. The van der Waals surface area contributed by atoms with Crippen LogP contribution in [-0.2, 0) is 4.79 Å². The molecular weight excluding hydrogens is 422 g/mol. The highest BCUT2D eigenvalue weighted by Crippen LogP contribution is 2.33. The molecule has 1 unspecified atom stereocenters. The number of likely N-dealkylation sites (tertiary alicyclic amines) is 1. The van der Waals surface area contributed by atoms with Gasteiger partial charge in [-0.25, -0.2) is 9.78 Å². The van der Waals surface area contributed by atoms with Gasteiger partial charge in [0.15, 0.2) is 10.0 Å². The minimum atomic E-state index is -1.04. The van der Waals surface area contributed by atoms with E-state index < -0.39 is 5.97 Å². The van der Waals surface area contributed by atoms with Crippen molar-refractivity contribution in [2.24, 2.45) is 5.73 Å². The van der Waals surface area contributed by atoms with E-state index in [1.807, 2.05) is 11.0 Å². The highest BCUT2D eigenvalue weighted by atomic mass is 35.5. The fourth-order valence-corrected chi connectivity index (χ4v) is 5.26. The van der Waals surface area contributed by atoms with Crippen LogP contribution in [0.25, 0.3) is 0 Å². The molecule has 2 heterocycles. The molecule has 1 amide bonds. The van der Waals surface area contributed by atoms with E-state index in [2.05, 4.69) is 4.98 Å². The summed E-state index contributed by atoms with van der Waals surface area (Å²) < 4.78 is 5.85. The van der Waals surface area contributed by atoms with Crippen LogP contribution in [0.2, 0.25) is 5.02 Å². The Morgan fingerprint density at radius 2 is 2.36 bits per heavy atom. The molecule has 2 atom stereocenters. The van der Waals surface area contributed by atoms with Gasteiger partial charge in [-0.3, -0.25) is 4.79 Å². The molecule has 7 nitrogen and oxygen atoms in total. The monoisotopic (exact) mass is 441 g/mol. The zero-order valence-electron chi connectivity index (χ0n) is 15.1. The first-order valence-corrected chi connectivity index (χ1v) is 10.8. The average molecular weight is 442 g/mol. The van der Waals surface area contributed by atoms with E-state index in [1.165, 1.54) is 28.5 Å². The number of nitrogens with zero attached hydrogens (tertiary/aromatic N) is 2. The van der Waals surface area contributed by atoms with Crippen LogP contribution in [0.4, 0.5) is 0 Å². The Morgan fingerprint density at radius 1 is 1.57 bits per heavy atom. The van der Waals surface area contributed by atoms with E-state index in [0.717, 1.165) is 5.56 Å². The lowest BCUT2D eigenvalue weighted by Crippen LogP contribution is -2.41. The molecule has 150 valence electrons. The van der Waals surface area contributed by atoms with Crippen molar-refractivity contribution in [3.8, 4) is 5.75 Å². The van der Waals surface area contributed by atoms with Crippen molar-refractivity contribution in [2.45, 2.75) is 29.3 Å². The number of carboxylic acid groups (broad SMARTS) is 1. The van der Waals surface area contributed by atoms with Gasteiger partial charge >= 0.3 is 5.97 Å². The van der Waals surface area contributed by atoms with Crippen LogP contribution in [0.3, 0.4) is 0 Å². The minimum Gasteiger partial charge on any atom is -0.495 e. The number of aromatic nitrogens is 1. The van der Waals surface area contributed by atoms with Crippen molar-refractivity contribution in [2.75, 3.05) is 19.4 Å². The summed E-state index contributed by atoms with van der Waals surface area (Å²) in [7, 11) is 1.55. The molecule has 0 spiro atoms. The Bertz CT molecular complexity index is 876. The molecule has 0 bridgehead atoms. The number of methoxy groups -OCH3 is 1. The van der Waals surface area contributed by atoms with Crippen molar-refractivity contribution >= 4 is 46.6 Å². The van der Waals surface area contributed by atoms with Crippen molar-refractivity contribution < 1.29 is 19.4 Å². The Labute approximate surface area is 175 Å². The van der Waals surface area contributed by atoms with E-state index in [4.69, 9.17) is 27.2 Å². The van der Waals surface area contributed by atoms with Gasteiger partial charge in [0, 0.05) is 24.1 Å². The number of aromatic carboxylic acids is 1. The summed E-state index contributed by atoms with van der Waals surface area (Å²) >= 11 is 8.93. The lowest BCUT2D eigenvalue weighted by molar-refractivity contribution is -0.128. The quantitative estimate of drug-likeness (QED) is 0.605. The number of hydrogen-bond donors (Lipinski definition) is 2. The van der Waals surface area contributed by atoms with Crippen LogP contribution in [-0.4, -0.2) is 52.3 Å². The van der Waals surface area contributed by atoms with Gasteiger partial charge in [-0.15, -0.1) is 11.3 Å². The maximum Gasteiger partial charge on any atom is 0.355 e. The first-order valence-electron chi connectivity index (χ1n) is 8.60. The second-order valence-corrected chi connectivity index (χ2v) is 8.87. The fourth-order valence-electron chi connectivity index (χ4n) is 3.18. The first kappa shape index (κ1) is 20.9. The van der Waals surface area contributed by atoms with Gasteiger partial charge in [-0.05, 0) is 24.1 Å². The third kappa shape index (κ3) is 4.60. The lowest BCUT2D eigenvalue weighted by atomic mass is 9.98. The zero-order valence-corrected chi connectivity index (χ0v) is 17.5. The third-order valence-corrected chi connectivity index (χ3v) is 6.91. The summed E-state index contributed by atoms with van der Waals surface area (Å²) in [5.41, 5.74) is 7.36. The molecule has 3 rings (SSSR count). The summed E-state index contributed by atoms with van der Waals surface area (Å²) in [4.78, 5) is 29.1. The number of amides is 1. The number of thioether (sulfide) groups is 1. The van der Waals surface area contributed by atoms with Gasteiger partial charge < -0.3 is 20.5 Å². The number of carboxylic acids is 1. The number of rotatable bonds is 8. The van der Waals surface area contributed by atoms with Crippen LogP contribution in [0, 0.1) is 0 Å². The molecule has 3 N–H and O–H groups in total. The van der Waals surface area contributed by atoms with Gasteiger partial charge in [-0.2, -0.15) is 0 Å². The maximum atomic E-state index is 12.3. The standard InChI is InChI=1S/C18H20ClN3O4S2/c1-26-14-4-2-10(8-11(14)19)16(20)13-3-5-15(23)22(13)6-7-27-18-21-12(9-28-18)17(24)25/h2,4,8-9,13,16H,3,5-7,20H2,1H3,(H,24,25)/t13-,16?/m1/s1. The Balaban J connectivity index is 1.63. The number of carbonyl (C=O) groups is 2. The summed E-state index contributed by atoms with van der Waals surface area (Å²) in [6.45, 7) is 0.522. The molecule has 1 aromatic carbocycles. The zero-order chi connectivity index (χ0) is 20.3. The molecular formula is C18H20ClN3O4S2. The van der Waals surface area contributed by atoms with E-state index in [-0.39, 0.29) is 23.7 Å². The number of hydrogen-bond acceptors (Lipinski definition) is 7. The number of carbonyl (C=O) groups excluding carboxylic acids is 1. The summed E-state index contributed by atoms with van der Waals surface area (Å²) in [6.07, 6.45) is 1.15. The largest absolute Gasteiger partial charge is 0.495 e. The number of thiazole rings is 1.